The maximum Gasteiger partial charge on any atom is 0.275 e. The highest BCUT2D eigenvalue weighted by Crippen LogP contribution is 2.26. The Hall–Kier alpha value is -2.53. The number of nitrogens with one attached hydrogen (secondary N) is 2. The molecule has 0 radical (unpaired) electrons. The van der Waals surface area contributed by atoms with E-state index in [9.17, 15) is 9.59 Å². The van der Waals surface area contributed by atoms with Gasteiger partial charge in [0.15, 0.2) is 5.13 Å². The number of carbonyl (C=O) groups excluding carboxylic acids is 2. The fourth-order valence-electron chi connectivity index (χ4n) is 3.97. The number of hydrogen-bond acceptors (Lipinski definition) is 8. The van der Waals surface area contributed by atoms with Crippen LogP contribution in [0.2, 0.25) is 0 Å². The molecule has 2 N–H and O–H groups in total. The Morgan fingerprint density at radius 3 is 2.70 bits per heavy atom. The quantitative estimate of drug-likeness (QED) is 0.539. The smallest absolute Gasteiger partial charge is 0.275 e. The minimum atomic E-state index is -0.316. The standard InChI is InChI=1S/C23H31N5O4S/c1-31-11-6-24-21(29)18-14-17(15-27-9-12-32-13-10-27)4-5-19(18)25-22(30)20-16-33-23(26-20)28-7-2-3-8-28/h4-5,14,16H,2-3,6-13,15H2,1H3,(H,24,29)(H,25,30). The minimum absolute atomic E-state index is 0.248. The Kier molecular flexibility index (Phi) is 8.27. The van der Waals surface area contributed by atoms with Crippen LogP contribution in [0.25, 0.3) is 0 Å². The molecule has 9 nitrogen and oxygen atoms in total. The molecule has 0 bridgehead atoms. The topological polar surface area (TPSA) is 96.0 Å². The molecule has 4 rings (SSSR count). The highest BCUT2D eigenvalue weighted by molar-refractivity contribution is 7.14. The van der Waals surface area contributed by atoms with Gasteiger partial charge in [-0.3, -0.25) is 14.5 Å². The normalized spacial score (nSPS) is 16.7. The summed E-state index contributed by atoms with van der Waals surface area (Å²) in [5.74, 6) is -0.564. The van der Waals surface area contributed by atoms with E-state index < -0.39 is 0 Å². The fraction of sp³-hybridized carbons (Fsp3) is 0.522. The first kappa shape index (κ1) is 23.6. The summed E-state index contributed by atoms with van der Waals surface area (Å²) in [5.41, 5.74) is 2.28. The van der Waals surface area contributed by atoms with Gasteiger partial charge in [-0.2, -0.15) is 0 Å². The van der Waals surface area contributed by atoms with Crippen molar-refractivity contribution in [3.05, 3.63) is 40.4 Å². The molecule has 0 atom stereocenters. The van der Waals surface area contributed by atoms with E-state index in [4.69, 9.17) is 9.47 Å². The van der Waals surface area contributed by atoms with E-state index in [-0.39, 0.29) is 11.8 Å². The Morgan fingerprint density at radius 1 is 1.15 bits per heavy atom. The first-order valence-corrected chi connectivity index (χ1v) is 12.2. The van der Waals surface area contributed by atoms with Crippen LogP contribution in [0.15, 0.2) is 23.6 Å². The lowest BCUT2D eigenvalue weighted by atomic mass is 10.1. The molecule has 2 saturated heterocycles. The number of ether oxygens (including phenoxy) is 2. The number of benzene rings is 1. The lowest BCUT2D eigenvalue weighted by Crippen LogP contribution is -2.35. The number of thiazole rings is 1. The molecule has 1 aromatic carbocycles. The number of carbonyl (C=O) groups is 2. The lowest BCUT2D eigenvalue weighted by Gasteiger charge is -2.26. The van der Waals surface area contributed by atoms with E-state index in [1.165, 1.54) is 11.3 Å². The highest BCUT2D eigenvalue weighted by Gasteiger charge is 2.21. The van der Waals surface area contributed by atoms with Gasteiger partial charge >= 0.3 is 0 Å². The van der Waals surface area contributed by atoms with Crippen LogP contribution in [0.5, 0.6) is 0 Å². The van der Waals surface area contributed by atoms with Crippen molar-refractivity contribution in [2.24, 2.45) is 0 Å². The number of hydrogen-bond donors (Lipinski definition) is 2. The number of aromatic nitrogens is 1. The van der Waals surface area contributed by atoms with Gasteiger partial charge in [0.2, 0.25) is 0 Å². The molecule has 3 heterocycles. The molecule has 33 heavy (non-hydrogen) atoms. The van der Waals surface area contributed by atoms with Gasteiger partial charge < -0.3 is 25.0 Å². The van der Waals surface area contributed by atoms with Crippen molar-refractivity contribution in [1.82, 2.24) is 15.2 Å². The first-order valence-electron chi connectivity index (χ1n) is 11.4. The monoisotopic (exact) mass is 473 g/mol. The van der Waals surface area contributed by atoms with Crippen LogP contribution in [-0.4, -0.2) is 81.4 Å². The van der Waals surface area contributed by atoms with Gasteiger partial charge in [0, 0.05) is 51.8 Å². The van der Waals surface area contributed by atoms with E-state index in [1.807, 2.05) is 12.1 Å². The fourth-order valence-corrected chi connectivity index (χ4v) is 4.83. The number of amides is 2. The summed E-state index contributed by atoms with van der Waals surface area (Å²) >= 11 is 1.48. The summed E-state index contributed by atoms with van der Waals surface area (Å²) in [4.78, 5) is 34.8. The molecule has 0 spiro atoms. The van der Waals surface area contributed by atoms with Gasteiger partial charge in [-0.25, -0.2) is 4.98 Å². The minimum Gasteiger partial charge on any atom is -0.383 e. The van der Waals surface area contributed by atoms with Gasteiger partial charge in [-0.15, -0.1) is 11.3 Å². The van der Waals surface area contributed by atoms with Gasteiger partial charge in [-0.05, 0) is 30.5 Å². The Morgan fingerprint density at radius 2 is 1.94 bits per heavy atom. The molecule has 2 amide bonds. The summed E-state index contributed by atoms with van der Waals surface area (Å²) in [5, 5.41) is 8.39. The Labute approximate surface area is 198 Å². The Balaban J connectivity index is 1.49. The maximum absolute atomic E-state index is 12.9. The Bertz CT molecular complexity index is 954. The van der Waals surface area contributed by atoms with Crippen LogP contribution < -0.4 is 15.5 Å². The van der Waals surface area contributed by atoms with E-state index >= 15 is 0 Å². The summed E-state index contributed by atoms with van der Waals surface area (Å²) in [6.45, 7) is 6.63. The average molecular weight is 474 g/mol. The van der Waals surface area contributed by atoms with Crippen LogP contribution in [0.1, 0.15) is 39.3 Å². The number of morpholine rings is 1. The number of methoxy groups -OCH3 is 1. The molecule has 0 saturated carbocycles. The van der Waals surface area contributed by atoms with Crippen LogP contribution in [-0.2, 0) is 16.0 Å². The molecule has 2 aliphatic rings. The van der Waals surface area contributed by atoms with Crippen molar-refractivity contribution in [3.8, 4) is 0 Å². The number of anilines is 2. The van der Waals surface area contributed by atoms with Gasteiger partial charge in [0.25, 0.3) is 11.8 Å². The van der Waals surface area contributed by atoms with Crippen molar-refractivity contribution in [2.45, 2.75) is 19.4 Å². The molecule has 1 aromatic heterocycles. The van der Waals surface area contributed by atoms with Crippen LogP contribution in [0.4, 0.5) is 10.8 Å². The van der Waals surface area contributed by atoms with Gasteiger partial charge in [-0.1, -0.05) is 6.07 Å². The summed E-state index contributed by atoms with van der Waals surface area (Å²) in [7, 11) is 1.59. The SMILES string of the molecule is COCCNC(=O)c1cc(CN2CCOCC2)ccc1NC(=O)c1csc(N2CCCC2)n1. The van der Waals surface area contributed by atoms with Crippen LogP contribution >= 0.6 is 11.3 Å². The molecule has 2 aromatic rings. The molecule has 0 unspecified atom stereocenters. The molecule has 178 valence electrons. The van der Waals surface area contributed by atoms with E-state index in [1.54, 1.807) is 18.6 Å². The van der Waals surface area contributed by atoms with Crippen molar-refractivity contribution in [1.29, 1.82) is 0 Å². The molecule has 2 fully saturated rings. The zero-order chi connectivity index (χ0) is 23.0. The molecule has 0 aliphatic carbocycles. The zero-order valence-corrected chi connectivity index (χ0v) is 19.8. The number of rotatable bonds is 9. The first-order chi connectivity index (χ1) is 16.1. The molecule has 10 heteroatoms. The summed E-state index contributed by atoms with van der Waals surface area (Å²) in [6.07, 6.45) is 2.30. The predicted octanol–water partition coefficient (Wildman–Crippen LogP) is 2.20. The predicted molar refractivity (Wildman–Crippen MR) is 128 cm³/mol. The van der Waals surface area contributed by atoms with Crippen LogP contribution in [0.3, 0.4) is 0 Å². The van der Waals surface area contributed by atoms with E-state index in [0.29, 0.717) is 43.3 Å². The van der Waals surface area contributed by atoms with E-state index in [2.05, 4.69) is 25.4 Å². The third-order valence-electron chi connectivity index (χ3n) is 5.78. The zero-order valence-electron chi connectivity index (χ0n) is 19.0. The molecule has 2 aliphatic heterocycles. The highest BCUT2D eigenvalue weighted by atomic mass is 32.1. The van der Waals surface area contributed by atoms with Crippen LogP contribution in [0, 0.1) is 0 Å². The van der Waals surface area contributed by atoms with Crippen molar-refractivity contribution in [2.75, 3.05) is 69.9 Å². The summed E-state index contributed by atoms with van der Waals surface area (Å²) in [6, 6.07) is 5.60. The largest absolute Gasteiger partial charge is 0.383 e. The lowest BCUT2D eigenvalue weighted by molar-refractivity contribution is 0.0342. The second-order valence-electron chi connectivity index (χ2n) is 8.18. The maximum atomic E-state index is 12.9. The van der Waals surface area contributed by atoms with Crippen molar-refractivity contribution < 1.29 is 19.1 Å². The summed E-state index contributed by atoms with van der Waals surface area (Å²) < 4.78 is 10.5. The van der Waals surface area contributed by atoms with E-state index in [0.717, 1.165) is 56.3 Å². The second-order valence-corrected chi connectivity index (χ2v) is 9.02. The van der Waals surface area contributed by atoms with Gasteiger partial charge in [0.05, 0.1) is 31.1 Å². The average Bonchev–Trinajstić information content (AvgIpc) is 3.53. The third-order valence-corrected chi connectivity index (χ3v) is 6.68. The number of nitrogens with zero attached hydrogens (tertiary/aromatic N) is 3. The molecular formula is C23H31N5O4S. The van der Waals surface area contributed by atoms with Gasteiger partial charge in [0.1, 0.15) is 5.69 Å². The third kappa shape index (κ3) is 6.29. The molecular weight excluding hydrogens is 442 g/mol. The second kappa shape index (κ2) is 11.6. The van der Waals surface area contributed by atoms with Crippen molar-refractivity contribution in [3.63, 3.8) is 0 Å². The van der Waals surface area contributed by atoms with Crippen molar-refractivity contribution >= 4 is 34.0 Å².